The Bertz CT molecular complexity index is 221. The molecule has 1 aliphatic rings. The zero-order chi connectivity index (χ0) is 10.8. The molecular formula is C9H15F2NO2. The monoisotopic (exact) mass is 207 g/mol. The summed E-state index contributed by atoms with van der Waals surface area (Å²) in [6.07, 6.45) is 1.61. The molecule has 0 aromatic carbocycles. The Kier molecular flexibility index (Phi) is 3.42. The van der Waals surface area contributed by atoms with Crippen molar-refractivity contribution in [2.24, 2.45) is 0 Å². The van der Waals surface area contributed by atoms with Gasteiger partial charge in [-0.3, -0.25) is 0 Å². The molecule has 0 bridgehead atoms. The molecule has 1 N–H and O–H groups in total. The van der Waals surface area contributed by atoms with Crippen LogP contribution in [-0.4, -0.2) is 41.5 Å². The zero-order valence-corrected chi connectivity index (χ0v) is 8.17. The Labute approximate surface area is 81.7 Å². The minimum atomic E-state index is -3.57. The number of aliphatic carboxylic acids is 1. The standard InChI is InChI=1S/C9H15F2NO2/c1-12-6-2-3-7(12)4-5-9(10,11)8(13)14/h7H,2-6H2,1H3,(H,13,14). The van der Waals surface area contributed by atoms with Crippen LogP contribution in [0.2, 0.25) is 0 Å². The number of likely N-dealkylation sites (tertiary alicyclic amines) is 1. The summed E-state index contributed by atoms with van der Waals surface area (Å²) in [5.74, 6) is -5.58. The fourth-order valence-corrected chi connectivity index (χ4v) is 1.80. The van der Waals surface area contributed by atoms with Gasteiger partial charge in [-0.15, -0.1) is 0 Å². The topological polar surface area (TPSA) is 40.5 Å². The van der Waals surface area contributed by atoms with Crippen molar-refractivity contribution in [3.63, 3.8) is 0 Å². The molecule has 1 unspecified atom stereocenters. The molecule has 0 aromatic rings. The van der Waals surface area contributed by atoms with Crippen LogP contribution in [0.1, 0.15) is 25.7 Å². The number of alkyl halides is 2. The Morgan fingerprint density at radius 2 is 2.29 bits per heavy atom. The molecule has 1 heterocycles. The number of carboxylic acids is 1. The fourth-order valence-electron chi connectivity index (χ4n) is 1.80. The van der Waals surface area contributed by atoms with Gasteiger partial charge in [-0.25, -0.2) is 4.79 Å². The highest BCUT2D eigenvalue weighted by Crippen LogP contribution is 2.26. The van der Waals surface area contributed by atoms with E-state index in [-0.39, 0.29) is 12.5 Å². The lowest BCUT2D eigenvalue weighted by atomic mass is 10.1. The first-order valence-electron chi connectivity index (χ1n) is 4.75. The summed E-state index contributed by atoms with van der Waals surface area (Å²) in [5, 5.41) is 8.22. The second-order valence-electron chi connectivity index (χ2n) is 3.82. The van der Waals surface area contributed by atoms with Crippen LogP contribution in [0.5, 0.6) is 0 Å². The number of nitrogens with zero attached hydrogens (tertiary/aromatic N) is 1. The summed E-state index contributed by atoms with van der Waals surface area (Å²) in [7, 11) is 1.89. The maximum absolute atomic E-state index is 12.7. The molecule has 1 fully saturated rings. The molecule has 5 heteroatoms. The van der Waals surface area contributed by atoms with Crippen molar-refractivity contribution in [1.82, 2.24) is 4.90 Å². The van der Waals surface area contributed by atoms with Gasteiger partial charge in [-0.05, 0) is 32.9 Å². The highest BCUT2D eigenvalue weighted by Gasteiger charge is 2.39. The Morgan fingerprint density at radius 3 is 2.71 bits per heavy atom. The van der Waals surface area contributed by atoms with Gasteiger partial charge < -0.3 is 10.0 Å². The molecular weight excluding hydrogens is 192 g/mol. The van der Waals surface area contributed by atoms with Gasteiger partial charge in [-0.2, -0.15) is 8.78 Å². The normalized spacial score (nSPS) is 24.1. The predicted molar refractivity (Wildman–Crippen MR) is 47.5 cm³/mol. The van der Waals surface area contributed by atoms with Crippen LogP contribution in [0.15, 0.2) is 0 Å². The first kappa shape index (κ1) is 11.4. The average Bonchev–Trinajstić information content (AvgIpc) is 2.47. The van der Waals surface area contributed by atoms with Crippen LogP contribution < -0.4 is 0 Å². The van der Waals surface area contributed by atoms with E-state index < -0.39 is 18.3 Å². The van der Waals surface area contributed by atoms with E-state index in [1.807, 2.05) is 11.9 Å². The SMILES string of the molecule is CN1CCCC1CCC(F)(F)C(=O)O. The molecule has 1 aliphatic heterocycles. The molecule has 3 nitrogen and oxygen atoms in total. The first-order valence-corrected chi connectivity index (χ1v) is 4.75. The molecule has 0 saturated carbocycles. The van der Waals surface area contributed by atoms with Crippen molar-refractivity contribution in [1.29, 1.82) is 0 Å². The van der Waals surface area contributed by atoms with Crippen LogP contribution in [0.25, 0.3) is 0 Å². The minimum Gasteiger partial charge on any atom is -0.477 e. The third kappa shape index (κ3) is 2.64. The number of carboxylic acid groups (broad SMARTS) is 1. The van der Waals surface area contributed by atoms with Gasteiger partial charge in [0.2, 0.25) is 0 Å². The highest BCUT2D eigenvalue weighted by atomic mass is 19.3. The summed E-state index contributed by atoms with van der Waals surface area (Å²) in [6.45, 7) is 0.920. The Hall–Kier alpha value is -0.710. The van der Waals surface area contributed by atoms with Crippen molar-refractivity contribution in [3.8, 4) is 0 Å². The molecule has 0 aliphatic carbocycles. The second-order valence-corrected chi connectivity index (χ2v) is 3.82. The smallest absolute Gasteiger partial charge is 0.374 e. The van der Waals surface area contributed by atoms with Crippen LogP contribution in [-0.2, 0) is 4.79 Å². The zero-order valence-electron chi connectivity index (χ0n) is 8.17. The quantitative estimate of drug-likeness (QED) is 0.760. The molecule has 1 saturated heterocycles. The van der Waals surface area contributed by atoms with Crippen LogP contribution in [0.4, 0.5) is 8.78 Å². The van der Waals surface area contributed by atoms with Gasteiger partial charge in [0, 0.05) is 12.5 Å². The Balaban J connectivity index is 2.36. The maximum Gasteiger partial charge on any atom is 0.374 e. The summed E-state index contributed by atoms with van der Waals surface area (Å²) in [4.78, 5) is 12.2. The van der Waals surface area contributed by atoms with Gasteiger partial charge in [0.05, 0.1) is 0 Å². The van der Waals surface area contributed by atoms with E-state index in [1.165, 1.54) is 0 Å². The van der Waals surface area contributed by atoms with E-state index in [4.69, 9.17) is 5.11 Å². The van der Waals surface area contributed by atoms with Crippen molar-refractivity contribution >= 4 is 5.97 Å². The second kappa shape index (κ2) is 4.21. The third-order valence-corrected chi connectivity index (χ3v) is 2.78. The van der Waals surface area contributed by atoms with E-state index in [0.29, 0.717) is 0 Å². The van der Waals surface area contributed by atoms with Gasteiger partial charge in [0.15, 0.2) is 0 Å². The number of halogens is 2. The highest BCUT2D eigenvalue weighted by molar-refractivity contribution is 5.75. The summed E-state index contributed by atoms with van der Waals surface area (Å²) >= 11 is 0. The van der Waals surface area contributed by atoms with Crippen LogP contribution in [0, 0.1) is 0 Å². The van der Waals surface area contributed by atoms with E-state index in [2.05, 4.69) is 0 Å². The van der Waals surface area contributed by atoms with Crippen molar-refractivity contribution in [3.05, 3.63) is 0 Å². The summed E-state index contributed by atoms with van der Waals surface area (Å²) in [6, 6.07) is 0.125. The van der Waals surface area contributed by atoms with Crippen molar-refractivity contribution < 1.29 is 18.7 Å². The lowest BCUT2D eigenvalue weighted by Crippen LogP contribution is -2.32. The number of carbonyl (C=O) groups is 1. The van der Waals surface area contributed by atoms with Gasteiger partial charge in [0.25, 0.3) is 0 Å². The molecule has 0 spiro atoms. The molecule has 0 radical (unpaired) electrons. The van der Waals surface area contributed by atoms with Gasteiger partial charge in [-0.1, -0.05) is 0 Å². The molecule has 1 rings (SSSR count). The molecule has 0 amide bonds. The third-order valence-electron chi connectivity index (χ3n) is 2.78. The van der Waals surface area contributed by atoms with Gasteiger partial charge >= 0.3 is 11.9 Å². The minimum absolute atomic E-state index is 0.125. The van der Waals surface area contributed by atoms with Crippen molar-refractivity contribution in [2.75, 3.05) is 13.6 Å². The van der Waals surface area contributed by atoms with E-state index in [0.717, 1.165) is 19.4 Å². The van der Waals surface area contributed by atoms with Crippen molar-refractivity contribution in [2.45, 2.75) is 37.6 Å². The van der Waals surface area contributed by atoms with E-state index in [9.17, 15) is 13.6 Å². The largest absolute Gasteiger partial charge is 0.477 e. The summed E-state index contributed by atoms with van der Waals surface area (Å²) in [5.41, 5.74) is 0. The molecule has 1 atom stereocenters. The molecule has 14 heavy (non-hydrogen) atoms. The number of hydrogen-bond donors (Lipinski definition) is 1. The lowest BCUT2D eigenvalue weighted by Gasteiger charge is -2.20. The average molecular weight is 207 g/mol. The Morgan fingerprint density at radius 1 is 1.64 bits per heavy atom. The number of rotatable bonds is 4. The van der Waals surface area contributed by atoms with E-state index >= 15 is 0 Å². The number of hydrogen-bond acceptors (Lipinski definition) is 2. The summed E-state index contributed by atoms with van der Waals surface area (Å²) < 4.78 is 25.4. The lowest BCUT2D eigenvalue weighted by molar-refractivity contribution is -0.166. The fraction of sp³-hybridized carbons (Fsp3) is 0.889. The van der Waals surface area contributed by atoms with E-state index in [1.54, 1.807) is 0 Å². The van der Waals surface area contributed by atoms with Crippen LogP contribution >= 0.6 is 0 Å². The van der Waals surface area contributed by atoms with Gasteiger partial charge in [0.1, 0.15) is 0 Å². The predicted octanol–water partition coefficient (Wildman–Crippen LogP) is 1.58. The maximum atomic E-state index is 12.7. The first-order chi connectivity index (χ1) is 6.43. The molecule has 82 valence electrons. The molecule has 0 aromatic heterocycles. The van der Waals surface area contributed by atoms with Crippen LogP contribution in [0.3, 0.4) is 0 Å².